The summed E-state index contributed by atoms with van der Waals surface area (Å²) in [5.41, 5.74) is 3.36. The average Bonchev–Trinajstić information content (AvgIpc) is 2.80. The van der Waals surface area contributed by atoms with E-state index in [4.69, 9.17) is 14.2 Å². The van der Waals surface area contributed by atoms with E-state index in [1.54, 1.807) is 33.5 Å². The summed E-state index contributed by atoms with van der Waals surface area (Å²) in [7, 11) is 4.77. The molecule has 1 aromatic rings. The van der Waals surface area contributed by atoms with Crippen LogP contribution in [0.4, 0.5) is 5.69 Å². The maximum atomic E-state index is 13.5. The summed E-state index contributed by atoms with van der Waals surface area (Å²) in [6, 6.07) is 3.54. The van der Waals surface area contributed by atoms with Crippen molar-refractivity contribution in [2.24, 2.45) is 11.8 Å². The third kappa shape index (κ3) is 7.18. The van der Waals surface area contributed by atoms with Gasteiger partial charge in [0.2, 0.25) is 5.91 Å². The summed E-state index contributed by atoms with van der Waals surface area (Å²) in [6.07, 6.45) is 12.0. The maximum Gasteiger partial charge on any atom is 0.228 e. The Morgan fingerprint density at radius 3 is 2.00 bits per heavy atom. The molecule has 1 N–H and O–H groups in total. The van der Waals surface area contributed by atoms with Gasteiger partial charge in [0.05, 0.1) is 21.3 Å². The number of allylic oxidation sites excluding steroid dienone is 2. The van der Waals surface area contributed by atoms with Crippen LogP contribution in [-0.4, -0.2) is 27.2 Å². The van der Waals surface area contributed by atoms with Crippen molar-refractivity contribution in [2.75, 3.05) is 26.6 Å². The molecule has 0 saturated heterocycles. The highest BCUT2D eigenvalue weighted by atomic mass is 16.5. The van der Waals surface area contributed by atoms with Gasteiger partial charge in [-0.25, -0.2) is 0 Å². The van der Waals surface area contributed by atoms with Gasteiger partial charge in [-0.2, -0.15) is 0 Å². The molecule has 1 aliphatic rings. The minimum atomic E-state index is -0.0321. The molecule has 0 heterocycles. The molecule has 5 nitrogen and oxygen atoms in total. The molecule has 5 heteroatoms. The molecule has 2 atom stereocenters. The lowest BCUT2D eigenvalue weighted by Gasteiger charge is -2.32. The Hall–Kier alpha value is -2.17. The van der Waals surface area contributed by atoms with Gasteiger partial charge in [0.15, 0.2) is 0 Å². The van der Waals surface area contributed by atoms with Crippen LogP contribution in [0, 0.1) is 11.8 Å². The lowest BCUT2D eigenvalue weighted by molar-refractivity contribution is -0.121. The molecular formula is C27H43NO4. The Kier molecular flexibility index (Phi) is 10.9. The van der Waals surface area contributed by atoms with Gasteiger partial charge in [0.25, 0.3) is 0 Å². The van der Waals surface area contributed by atoms with Gasteiger partial charge in [-0.3, -0.25) is 4.79 Å². The number of hydrogen-bond donors (Lipinski definition) is 1. The third-order valence-corrected chi connectivity index (χ3v) is 6.87. The van der Waals surface area contributed by atoms with Gasteiger partial charge < -0.3 is 19.5 Å². The number of amides is 1. The number of methoxy groups -OCH3 is 3. The van der Waals surface area contributed by atoms with Crippen LogP contribution in [0.25, 0.3) is 0 Å². The van der Waals surface area contributed by atoms with Crippen LogP contribution in [0.1, 0.15) is 85.0 Å². The third-order valence-electron chi connectivity index (χ3n) is 6.87. The van der Waals surface area contributed by atoms with Crippen molar-refractivity contribution in [2.45, 2.75) is 85.0 Å². The maximum absolute atomic E-state index is 13.5. The summed E-state index contributed by atoms with van der Waals surface area (Å²) in [5, 5.41) is 3.13. The number of ether oxygens (including phenoxy) is 3. The fourth-order valence-electron chi connectivity index (χ4n) is 4.70. The molecule has 0 radical (unpaired) electrons. The van der Waals surface area contributed by atoms with Crippen molar-refractivity contribution in [1.29, 1.82) is 0 Å². The van der Waals surface area contributed by atoms with Crippen LogP contribution in [0.2, 0.25) is 0 Å². The standard InChI is InChI=1S/C27H43NO4/c1-7-8-9-10-11-12-13-14-21-15-19(2)20(3)16-23(21)27(29)28-26-24(31-5)17-22(30-4)18-25(26)32-6/h17-18,21,23H,7-16H2,1-6H3,(H,28,29)/t21-,23-/m1/s1. The Bertz CT molecular complexity index is 746. The first-order chi connectivity index (χ1) is 15.4. The molecule has 0 unspecified atom stereocenters. The second kappa shape index (κ2) is 13.4. The van der Waals surface area contributed by atoms with E-state index in [1.807, 2.05) is 0 Å². The highest BCUT2D eigenvalue weighted by Gasteiger charge is 2.33. The van der Waals surface area contributed by atoms with E-state index < -0.39 is 0 Å². The molecule has 0 aromatic heterocycles. The lowest BCUT2D eigenvalue weighted by atomic mass is 9.74. The molecule has 180 valence electrons. The molecule has 0 fully saturated rings. The second-order valence-electron chi connectivity index (χ2n) is 9.14. The summed E-state index contributed by atoms with van der Waals surface area (Å²) < 4.78 is 16.4. The summed E-state index contributed by atoms with van der Waals surface area (Å²) >= 11 is 0. The second-order valence-corrected chi connectivity index (χ2v) is 9.14. The minimum Gasteiger partial charge on any atom is -0.496 e. The summed E-state index contributed by atoms with van der Waals surface area (Å²) in [5.74, 6) is 2.10. The van der Waals surface area contributed by atoms with E-state index in [-0.39, 0.29) is 11.8 Å². The van der Waals surface area contributed by atoms with Crippen LogP contribution in [-0.2, 0) is 4.79 Å². The molecule has 0 bridgehead atoms. The summed E-state index contributed by atoms with van der Waals surface area (Å²) in [6.45, 7) is 6.63. The molecular weight excluding hydrogens is 402 g/mol. The number of hydrogen-bond acceptors (Lipinski definition) is 4. The molecule has 1 aliphatic carbocycles. The Morgan fingerprint density at radius 1 is 0.875 bits per heavy atom. The number of nitrogens with one attached hydrogen (secondary N) is 1. The Labute approximate surface area is 194 Å². The van der Waals surface area contributed by atoms with Crippen molar-refractivity contribution in [1.82, 2.24) is 0 Å². The van der Waals surface area contributed by atoms with Crippen molar-refractivity contribution < 1.29 is 19.0 Å². The van der Waals surface area contributed by atoms with E-state index in [9.17, 15) is 4.79 Å². The zero-order valence-corrected chi connectivity index (χ0v) is 21.0. The molecule has 1 amide bonds. The van der Waals surface area contributed by atoms with Crippen LogP contribution in [0.15, 0.2) is 23.3 Å². The van der Waals surface area contributed by atoms with Crippen molar-refractivity contribution in [3.05, 3.63) is 23.3 Å². The average molecular weight is 446 g/mol. The number of carbonyl (C=O) groups is 1. The monoisotopic (exact) mass is 445 g/mol. The van der Waals surface area contributed by atoms with Crippen LogP contribution < -0.4 is 19.5 Å². The molecule has 32 heavy (non-hydrogen) atoms. The Balaban J connectivity index is 2.08. The predicted octanol–water partition coefficient (Wildman–Crippen LogP) is 7.15. The van der Waals surface area contributed by atoms with E-state index >= 15 is 0 Å². The SMILES string of the molecule is CCCCCCCCC[C@@H]1CC(C)=C(C)C[C@H]1C(=O)Nc1c(OC)cc(OC)cc1OC. The van der Waals surface area contributed by atoms with Crippen LogP contribution >= 0.6 is 0 Å². The van der Waals surface area contributed by atoms with Gasteiger partial charge in [-0.1, -0.05) is 63.0 Å². The molecule has 0 saturated carbocycles. The molecule has 0 spiro atoms. The summed E-state index contributed by atoms with van der Waals surface area (Å²) in [4.78, 5) is 13.5. The van der Waals surface area contributed by atoms with Crippen molar-refractivity contribution in [3.63, 3.8) is 0 Å². The quantitative estimate of drug-likeness (QED) is 0.259. The number of rotatable bonds is 13. The first kappa shape index (κ1) is 26.1. The topological polar surface area (TPSA) is 56.8 Å². The zero-order chi connectivity index (χ0) is 23.5. The zero-order valence-electron chi connectivity index (χ0n) is 21.0. The highest BCUT2D eigenvalue weighted by molar-refractivity contribution is 5.96. The van der Waals surface area contributed by atoms with Gasteiger partial charge in [0.1, 0.15) is 22.9 Å². The smallest absolute Gasteiger partial charge is 0.228 e. The van der Waals surface area contributed by atoms with E-state index in [2.05, 4.69) is 26.1 Å². The first-order valence-electron chi connectivity index (χ1n) is 12.2. The molecule has 2 rings (SSSR count). The fourth-order valence-corrected chi connectivity index (χ4v) is 4.70. The van der Waals surface area contributed by atoms with Gasteiger partial charge >= 0.3 is 0 Å². The fraction of sp³-hybridized carbons (Fsp3) is 0.667. The van der Waals surface area contributed by atoms with Gasteiger partial charge in [0, 0.05) is 18.1 Å². The molecule has 1 aromatic carbocycles. The van der Waals surface area contributed by atoms with Crippen molar-refractivity contribution >= 4 is 11.6 Å². The van der Waals surface area contributed by atoms with E-state index in [0.717, 1.165) is 19.3 Å². The van der Waals surface area contributed by atoms with E-state index in [0.29, 0.717) is 28.9 Å². The van der Waals surface area contributed by atoms with E-state index in [1.165, 1.54) is 56.1 Å². The highest BCUT2D eigenvalue weighted by Crippen LogP contribution is 2.42. The van der Waals surface area contributed by atoms with Gasteiger partial charge in [-0.05, 0) is 39.0 Å². The molecule has 0 aliphatic heterocycles. The van der Waals surface area contributed by atoms with Gasteiger partial charge in [-0.15, -0.1) is 0 Å². The van der Waals surface area contributed by atoms with Crippen molar-refractivity contribution in [3.8, 4) is 17.2 Å². The predicted molar refractivity (Wildman–Crippen MR) is 132 cm³/mol. The Morgan fingerprint density at radius 2 is 1.44 bits per heavy atom. The van der Waals surface area contributed by atoms with Crippen LogP contribution in [0.3, 0.4) is 0 Å². The lowest BCUT2D eigenvalue weighted by Crippen LogP contribution is -2.32. The van der Waals surface area contributed by atoms with Crippen LogP contribution in [0.5, 0.6) is 17.2 Å². The number of carbonyl (C=O) groups excluding carboxylic acids is 1. The number of anilines is 1. The number of benzene rings is 1. The largest absolute Gasteiger partial charge is 0.496 e. The normalized spacial score (nSPS) is 18.4. The number of unbranched alkanes of at least 4 members (excludes halogenated alkanes) is 6. The minimum absolute atomic E-state index is 0.0321. The first-order valence-corrected chi connectivity index (χ1v) is 12.2.